The molecule has 12 atom stereocenters. The highest BCUT2D eigenvalue weighted by Gasteiger charge is 2.65. The predicted molar refractivity (Wildman–Crippen MR) is 135 cm³/mol. The fourth-order valence-electron chi connectivity index (χ4n) is 9.47. The van der Waals surface area contributed by atoms with E-state index in [1.807, 2.05) is 0 Å². The number of rotatable bonds is 9. The molecule has 0 bridgehead atoms. The van der Waals surface area contributed by atoms with Crippen molar-refractivity contribution in [3.8, 4) is 0 Å². The smallest absolute Gasteiger partial charge is 0.396 e. The van der Waals surface area contributed by atoms with Crippen molar-refractivity contribution in [1.82, 2.24) is 0 Å². The minimum atomic E-state index is -4.51. The fraction of sp³-hybridized carbons (Fsp3) is 1.00. The summed E-state index contributed by atoms with van der Waals surface area (Å²) in [6.07, 6.45) is 7.30. The van der Waals surface area contributed by atoms with Crippen LogP contribution in [0.25, 0.3) is 0 Å². The first kappa shape index (κ1) is 28.7. The molecule has 4 fully saturated rings. The molecule has 0 aromatic carbocycles. The van der Waals surface area contributed by atoms with E-state index in [2.05, 4.69) is 25.0 Å². The highest BCUT2D eigenvalue weighted by molar-refractivity contribution is 7.80. The number of aliphatic hydroxyl groups excluding tert-OH is 4. The first-order valence-corrected chi connectivity index (χ1v) is 15.4. The van der Waals surface area contributed by atoms with Crippen LogP contribution in [0.3, 0.4) is 0 Å². The molecule has 0 aromatic heterocycles. The molecule has 4 aliphatic carbocycles. The third-order valence-corrected chi connectivity index (χ3v) is 11.9. The van der Waals surface area contributed by atoms with Crippen molar-refractivity contribution < 1.29 is 37.6 Å². The lowest BCUT2D eigenvalue weighted by Gasteiger charge is -2.63. The third-order valence-electron chi connectivity index (χ3n) is 11.5. The molecule has 6 unspecified atom stereocenters. The summed E-state index contributed by atoms with van der Waals surface area (Å²) < 4.78 is 34.9. The van der Waals surface area contributed by atoms with E-state index in [0.717, 1.165) is 57.8 Å². The van der Waals surface area contributed by atoms with Crippen LogP contribution in [-0.4, -0.2) is 64.9 Å². The van der Waals surface area contributed by atoms with E-state index in [1.165, 1.54) is 0 Å². The molecule has 0 aromatic rings. The van der Waals surface area contributed by atoms with Gasteiger partial charge in [-0.2, -0.15) is 8.42 Å². The van der Waals surface area contributed by atoms with Gasteiger partial charge in [-0.1, -0.05) is 33.6 Å². The molecule has 4 saturated carbocycles. The molecule has 210 valence electrons. The van der Waals surface area contributed by atoms with Crippen LogP contribution in [0.2, 0.25) is 0 Å². The van der Waals surface area contributed by atoms with Gasteiger partial charge in [-0.3, -0.25) is 4.55 Å². The van der Waals surface area contributed by atoms with E-state index >= 15 is 0 Å². The van der Waals surface area contributed by atoms with E-state index in [-0.39, 0.29) is 59.9 Å². The Labute approximate surface area is 216 Å². The lowest BCUT2D eigenvalue weighted by molar-refractivity contribution is -0.207. The molecule has 0 radical (unpaired) electrons. The number of aliphatic hydroxyl groups is 4. The summed E-state index contributed by atoms with van der Waals surface area (Å²) in [5, 5.41) is 42.9. The maximum Gasteiger partial charge on any atom is 0.397 e. The molecule has 5 N–H and O–H groups in total. The zero-order valence-electron chi connectivity index (χ0n) is 22.1. The molecule has 0 saturated heterocycles. The Morgan fingerprint density at radius 3 is 2.39 bits per heavy atom. The average molecular weight is 533 g/mol. The van der Waals surface area contributed by atoms with E-state index in [1.54, 1.807) is 0 Å². The highest BCUT2D eigenvalue weighted by Crippen LogP contribution is 2.68. The minimum Gasteiger partial charge on any atom is -0.396 e. The minimum absolute atomic E-state index is 0.0680. The van der Waals surface area contributed by atoms with Crippen LogP contribution < -0.4 is 0 Å². The van der Waals surface area contributed by atoms with Crippen molar-refractivity contribution in [1.29, 1.82) is 0 Å². The monoisotopic (exact) mass is 532 g/mol. The Morgan fingerprint density at radius 2 is 1.72 bits per heavy atom. The lowest BCUT2D eigenvalue weighted by Crippen LogP contribution is -2.62. The van der Waals surface area contributed by atoms with Crippen molar-refractivity contribution in [2.75, 3.05) is 13.2 Å². The van der Waals surface area contributed by atoms with Crippen LogP contribution in [0.1, 0.15) is 85.0 Å². The standard InChI is InChI=1S/C27H48O8S/c1-16(5-4-6-17(14-28)15-35-36(32,33)34)20-7-8-21-25-22(13-24(31)27(20,21)3)26(2)10-9-19(29)11-18(26)12-23(25)30/h16-25,28-31H,4-15H2,1-3H3,(H,32,33,34)/t16-,17?,18-,19-,20?,21?,22?,23?,24+,25?,26+,27-/m1/s1. The number of hydrogen-bond donors (Lipinski definition) is 5. The van der Waals surface area contributed by atoms with Crippen molar-refractivity contribution in [2.45, 2.75) is 103 Å². The normalized spacial score (nSPS) is 46.4. The first-order chi connectivity index (χ1) is 16.8. The van der Waals surface area contributed by atoms with Crippen LogP contribution >= 0.6 is 0 Å². The molecule has 0 heterocycles. The van der Waals surface area contributed by atoms with Gasteiger partial charge in [-0.05, 0) is 97.7 Å². The Balaban J connectivity index is 1.42. The zero-order chi connectivity index (χ0) is 26.5. The first-order valence-electron chi connectivity index (χ1n) is 14.1. The van der Waals surface area contributed by atoms with E-state index in [4.69, 9.17) is 4.55 Å². The summed E-state index contributed by atoms with van der Waals surface area (Å²) in [6.45, 7) is 6.39. The van der Waals surface area contributed by atoms with Gasteiger partial charge >= 0.3 is 10.4 Å². The Bertz CT molecular complexity index is 866. The summed E-state index contributed by atoms with van der Waals surface area (Å²) in [7, 11) is -4.51. The van der Waals surface area contributed by atoms with Crippen LogP contribution in [0.15, 0.2) is 0 Å². The Hall–Kier alpha value is -0.290. The van der Waals surface area contributed by atoms with Gasteiger partial charge in [0.1, 0.15) is 0 Å². The van der Waals surface area contributed by atoms with E-state index in [9.17, 15) is 28.8 Å². The lowest BCUT2D eigenvalue weighted by atomic mass is 9.43. The molecule has 0 aliphatic heterocycles. The summed E-state index contributed by atoms with van der Waals surface area (Å²) in [6, 6.07) is 0. The van der Waals surface area contributed by atoms with Gasteiger partial charge in [-0.15, -0.1) is 0 Å². The van der Waals surface area contributed by atoms with E-state index < -0.39 is 16.5 Å². The second kappa shape index (κ2) is 10.7. The van der Waals surface area contributed by atoms with Crippen LogP contribution in [-0.2, 0) is 14.6 Å². The molecule has 0 amide bonds. The van der Waals surface area contributed by atoms with Gasteiger partial charge < -0.3 is 20.4 Å². The van der Waals surface area contributed by atoms with Gasteiger partial charge in [0.2, 0.25) is 0 Å². The molecule has 4 aliphatic rings. The molecule has 9 heteroatoms. The molecule has 36 heavy (non-hydrogen) atoms. The molecule has 8 nitrogen and oxygen atoms in total. The number of hydrogen-bond acceptors (Lipinski definition) is 7. The SMILES string of the molecule is C[C@H](CCCC(CO)COS(=O)(=O)O)C1CCC2C3C(O)C[C@H]4C[C@H](O)CC[C@]4(C)C3C[C@H](O)[C@@]21C. The molecule has 0 spiro atoms. The summed E-state index contributed by atoms with van der Waals surface area (Å²) >= 11 is 0. The summed E-state index contributed by atoms with van der Waals surface area (Å²) in [4.78, 5) is 0. The Morgan fingerprint density at radius 1 is 1.00 bits per heavy atom. The second-order valence-electron chi connectivity index (χ2n) is 13.2. The predicted octanol–water partition coefficient (Wildman–Crippen LogP) is 3.18. The van der Waals surface area contributed by atoms with Gasteiger partial charge in [-0.25, -0.2) is 4.18 Å². The Kier molecular flexibility index (Phi) is 8.53. The maximum atomic E-state index is 11.7. The third kappa shape index (κ3) is 5.27. The number of fused-ring (bicyclic) bond motifs is 5. The van der Waals surface area contributed by atoms with Gasteiger partial charge in [0.15, 0.2) is 0 Å². The van der Waals surface area contributed by atoms with Crippen molar-refractivity contribution >= 4 is 10.4 Å². The molecule has 4 rings (SSSR count). The zero-order valence-corrected chi connectivity index (χ0v) is 22.9. The van der Waals surface area contributed by atoms with Crippen LogP contribution in [0.5, 0.6) is 0 Å². The fourth-order valence-corrected chi connectivity index (χ4v) is 9.84. The van der Waals surface area contributed by atoms with Crippen molar-refractivity contribution in [3.63, 3.8) is 0 Å². The molecular weight excluding hydrogens is 484 g/mol. The quantitative estimate of drug-likeness (QED) is 0.285. The van der Waals surface area contributed by atoms with E-state index in [0.29, 0.717) is 24.2 Å². The molecular formula is C27H48O8S. The topological polar surface area (TPSA) is 145 Å². The second-order valence-corrected chi connectivity index (χ2v) is 14.3. The maximum absolute atomic E-state index is 11.7. The largest absolute Gasteiger partial charge is 0.397 e. The summed E-state index contributed by atoms with van der Waals surface area (Å²) in [5.74, 6) is 1.42. The highest BCUT2D eigenvalue weighted by atomic mass is 32.3. The van der Waals surface area contributed by atoms with Gasteiger partial charge in [0, 0.05) is 12.5 Å². The van der Waals surface area contributed by atoms with Gasteiger partial charge in [0.25, 0.3) is 0 Å². The van der Waals surface area contributed by atoms with Crippen LogP contribution in [0.4, 0.5) is 0 Å². The van der Waals surface area contributed by atoms with Crippen molar-refractivity contribution in [2.24, 2.45) is 52.3 Å². The van der Waals surface area contributed by atoms with Crippen LogP contribution in [0, 0.1) is 52.3 Å². The van der Waals surface area contributed by atoms with Gasteiger partial charge in [0.05, 0.1) is 24.9 Å². The van der Waals surface area contributed by atoms with Crippen molar-refractivity contribution in [3.05, 3.63) is 0 Å². The average Bonchev–Trinajstić information content (AvgIpc) is 3.16. The summed E-state index contributed by atoms with van der Waals surface area (Å²) in [5.41, 5.74) is -0.179.